The molecule has 0 fully saturated rings. The molecule has 5 heteroatoms. The van der Waals surface area contributed by atoms with Gasteiger partial charge in [-0.05, 0) is 30.9 Å². The summed E-state index contributed by atoms with van der Waals surface area (Å²) in [4.78, 5) is 7.70. The van der Waals surface area contributed by atoms with Gasteiger partial charge in [0.2, 0.25) is 0 Å². The third-order valence-electron chi connectivity index (χ3n) is 4.01. The summed E-state index contributed by atoms with van der Waals surface area (Å²) >= 11 is 3.66. The number of nitrogens with two attached hydrogens (primary N) is 1. The fourth-order valence-corrected chi connectivity index (χ4v) is 5.07. The topological polar surface area (TPSA) is 50.9 Å². The number of hydrogen-bond acceptors (Lipinski definition) is 5. The summed E-state index contributed by atoms with van der Waals surface area (Å²) in [6.07, 6.45) is 4.65. The standard InChI is InChI=1S/C16H23N3S2/c1-16(2,3)14-9-20-15(18-14)8-11(19-17)13-7-10-5-4-6-12(10)21-13/h7,9,11,19H,4-6,8,17H2,1-3H3. The van der Waals surface area contributed by atoms with Crippen LogP contribution in [-0.4, -0.2) is 4.98 Å². The Morgan fingerprint density at radius 3 is 2.81 bits per heavy atom. The Bertz CT molecular complexity index is 600. The number of hydrogen-bond donors (Lipinski definition) is 2. The fourth-order valence-electron chi connectivity index (χ4n) is 2.69. The Kier molecular flexibility index (Phi) is 4.19. The highest BCUT2D eigenvalue weighted by Crippen LogP contribution is 2.35. The normalized spacial score (nSPS) is 16.2. The SMILES string of the molecule is CC(C)(C)c1csc(CC(NN)c2cc3c(s2)CCC3)n1. The number of hydrazine groups is 1. The van der Waals surface area contributed by atoms with E-state index in [1.807, 2.05) is 11.3 Å². The van der Waals surface area contributed by atoms with Crippen LogP contribution in [0.2, 0.25) is 0 Å². The van der Waals surface area contributed by atoms with E-state index in [4.69, 9.17) is 10.8 Å². The molecule has 2 aromatic heterocycles. The Labute approximate surface area is 134 Å². The van der Waals surface area contributed by atoms with Crippen LogP contribution in [0.1, 0.15) is 59.3 Å². The summed E-state index contributed by atoms with van der Waals surface area (Å²) in [6, 6.07) is 2.52. The molecule has 0 bridgehead atoms. The summed E-state index contributed by atoms with van der Waals surface area (Å²) in [5, 5.41) is 3.34. The highest BCUT2D eigenvalue weighted by molar-refractivity contribution is 7.12. The summed E-state index contributed by atoms with van der Waals surface area (Å²) < 4.78 is 0. The molecule has 3 nitrogen and oxygen atoms in total. The molecule has 0 saturated carbocycles. The lowest BCUT2D eigenvalue weighted by atomic mass is 9.93. The van der Waals surface area contributed by atoms with Crippen LogP contribution in [0.3, 0.4) is 0 Å². The van der Waals surface area contributed by atoms with Crippen molar-refractivity contribution in [2.24, 2.45) is 5.84 Å². The van der Waals surface area contributed by atoms with E-state index >= 15 is 0 Å². The molecule has 0 radical (unpaired) electrons. The largest absolute Gasteiger partial charge is 0.271 e. The van der Waals surface area contributed by atoms with Crippen LogP contribution in [0, 0.1) is 0 Å². The Hall–Kier alpha value is -0.750. The van der Waals surface area contributed by atoms with E-state index in [2.05, 4.69) is 37.6 Å². The molecule has 1 aliphatic rings. The third kappa shape index (κ3) is 3.21. The second kappa shape index (κ2) is 5.80. The number of rotatable bonds is 4. The average molecular weight is 322 g/mol. The van der Waals surface area contributed by atoms with Gasteiger partial charge in [0, 0.05) is 27.0 Å². The lowest BCUT2D eigenvalue weighted by Crippen LogP contribution is -2.29. The quantitative estimate of drug-likeness (QED) is 0.666. The molecule has 21 heavy (non-hydrogen) atoms. The molecule has 3 N–H and O–H groups in total. The van der Waals surface area contributed by atoms with Gasteiger partial charge in [0.15, 0.2) is 0 Å². The minimum Gasteiger partial charge on any atom is -0.271 e. The molecule has 1 atom stereocenters. The van der Waals surface area contributed by atoms with Crippen LogP contribution in [-0.2, 0) is 24.7 Å². The van der Waals surface area contributed by atoms with Crippen molar-refractivity contribution in [3.05, 3.63) is 37.5 Å². The van der Waals surface area contributed by atoms with E-state index < -0.39 is 0 Å². The third-order valence-corrected chi connectivity index (χ3v) is 6.23. The number of aryl methyl sites for hydroxylation is 2. The molecule has 2 heterocycles. The molecule has 0 aromatic carbocycles. The maximum Gasteiger partial charge on any atom is 0.0948 e. The van der Waals surface area contributed by atoms with Crippen molar-refractivity contribution < 1.29 is 0 Å². The zero-order chi connectivity index (χ0) is 15.0. The van der Waals surface area contributed by atoms with Crippen molar-refractivity contribution in [2.75, 3.05) is 0 Å². The average Bonchev–Trinajstić information content (AvgIpc) is 3.09. The minimum absolute atomic E-state index is 0.116. The lowest BCUT2D eigenvalue weighted by Gasteiger charge is -2.15. The number of nitrogens with zero attached hydrogens (tertiary/aromatic N) is 1. The Morgan fingerprint density at radius 1 is 1.38 bits per heavy atom. The molecular formula is C16H23N3S2. The van der Waals surface area contributed by atoms with Crippen molar-refractivity contribution in [3.8, 4) is 0 Å². The van der Waals surface area contributed by atoms with Gasteiger partial charge in [0.25, 0.3) is 0 Å². The van der Waals surface area contributed by atoms with E-state index in [9.17, 15) is 0 Å². The first kappa shape index (κ1) is 15.2. The van der Waals surface area contributed by atoms with Gasteiger partial charge in [-0.3, -0.25) is 11.3 Å². The molecular weight excluding hydrogens is 298 g/mol. The summed E-state index contributed by atoms with van der Waals surface area (Å²) in [5.41, 5.74) is 5.80. The zero-order valence-electron chi connectivity index (χ0n) is 12.9. The maximum atomic E-state index is 5.80. The van der Waals surface area contributed by atoms with Gasteiger partial charge in [-0.1, -0.05) is 20.8 Å². The molecule has 1 aliphatic carbocycles. The summed E-state index contributed by atoms with van der Waals surface area (Å²) in [7, 11) is 0. The molecule has 2 aromatic rings. The fraction of sp³-hybridized carbons (Fsp3) is 0.562. The molecule has 3 rings (SSSR count). The van der Waals surface area contributed by atoms with Crippen LogP contribution < -0.4 is 11.3 Å². The van der Waals surface area contributed by atoms with Crippen molar-refractivity contribution >= 4 is 22.7 Å². The highest BCUT2D eigenvalue weighted by atomic mass is 32.1. The highest BCUT2D eigenvalue weighted by Gasteiger charge is 2.22. The van der Waals surface area contributed by atoms with Gasteiger partial charge in [0.05, 0.1) is 16.7 Å². The van der Waals surface area contributed by atoms with Crippen molar-refractivity contribution in [1.29, 1.82) is 0 Å². The van der Waals surface area contributed by atoms with Gasteiger partial charge in [0.1, 0.15) is 0 Å². The van der Waals surface area contributed by atoms with Gasteiger partial charge < -0.3 is 0 Å². The molecule has 1 unspecified atom stereocenters. The van der Waals surface area contributed by atoms with Crippen LogP contribution in [0.4, 0.5) is 0 Å². The Morgan fingerprint density at radius 2 is 2.19 bits per heavy atom. The van der Waals surface area contributed by atoms with E-state index in [0.717, 1.165) is 11.4 Å². The van der Waals surface area contributed by atoms with Gasteiger partial charge in [-0.15, -0.1) is 22.7 Å². The van der Waals surface area contributed by atoms with Gasteiger partial charge >= 0.3 is 0 Å². The molecule has 114 valence electrons. The van der Waals surface area contributed by atoms with Crippen LogP contribution in [0.15, 0.2) is 11.4 Å². The minimum atomic E-state index is 0.116. The number of thiazole rings is 1. The number of fused-ring (bicyclic) bond motifs is 1. The van der Waals surface area contributed by atoms with Crippen LogP contribution >= 0.6 is 22.7 Å². The molecule has 0 saturated heterocycles. The van der Waals surface area contributed by atoms with Gasteiger partial charge in [-0.25, -0.2) is 4.98 Å². The predicted molar refractivity (Wildman–Crippen MR) is 90.9 cm³/mol. The van der Waals surface area contributed by atoms with Crippen molar-refractivity contribution in [3.63, 3.8) is 0 Å². The molecule has 0 spiro atoms. The summed E-state index contributed by atoms with van der Waals surface area (Å²) in [5.74, 6) is 5.80. The first-order valence-corrected chi connectivity index (χ1v) is 9.19. The zero-order valence-corrected chi connectivity index (χ0v) is 14.5. The smallest absolute Gasteiger partial charge is 0.0948 e. The maximum absolute atomic E-state index is 5.80. The first-order valence-electron chi connectivity index (χ1n) is 7.50. The summed E-state index contributed by atoms with van der Waals surface area (Å²) in [6.45, 7) is 6.61. The van der Waals surface area contributed by atoms with E-state index in [1.165, 1.54) is 35.4 Å². The van der Waals surface area contributed by atoms with Crippen LogP contribution in [0.25, 0.3) is 0 Å². The monoisotopic (exact) mass is 321 g/mol. The molecule has 0 amide bonds. The van der Waals surface area contributed by atoms with E-state index in [0.29, 0.717) is 0 Å². The van der Waals surface area contributed by atoms with E-state index in [1.54, 1.807) is 16.2 Å². The number of aromatic nitrogens is 1. The van der Waals surface area contributed by atoms with Crippen molar-refractivity contribution in [2.45, 2.75) is 57.9 Å². The first-order chi connectivity index (χ1) is 9.97. The lowest BCUT2D eigenvalue weighted by molar-refractivity contribution is 0.547. The number of nitrogens with one attached hydrogen (secondary N) is 1. The van der Waals surface area contributed by atoms with Gasteiger partial charge in [-0.2, -0.15) is 0 Å². The van der Waals surface area contributed by atoms with Crippen molar-refractivity contribution in [1.82, 2.24) is 10.4 Å². The number of thiophene rings is 1. The predicted octanol–water partition coefficient (Wildman–Crippen LogP) is 3.74. The van der Waals surface area contributed by atoms with E-state index in [-0.39, 0.29) is 11.5 Å². The second-order valence-corrected chi connectivity index (χ2v) is 8.86. The van der Waals surface area contributed by atoms with Crippen LogP contribution in [0.5, 0.6) is 0 Å². The second-order valence-electron chi connectivity index (χ2n) is 6.75. The molecule has 0 aliphatic heterocycles. The Balaban J connectivity index is 1.76.